The van der Waals surface area contributed by atoms with Crippen molar-refractivity contribution in [3.63, 3.8) is 0 Å². The normalized spacial score (nSPS) is 10.3. The minimum atomic E-state index is 0.239. The molecule has 0 unspecified atom stereocenters. The zero-order valence-corrected chi connectivity index (χ0v) is 8.16. The smallest absolute Gasteiger partial charge is 0.129 e. The standard InChI is InChI=1S/C9H15N3O/c1-3-12-7-9(10-11-12)6-4-5-8(2)13/h7H,3-6H2,1-2H3. The van der Waals surface area contributed by atoms with Crippen molar-refractivity contribution < 1.29 is 4.79 Å². The summed E-state index contributed by atoms with van der Waals surface area (Å²) >= 11 is 0. The van der Waals surface area contributed by atoms with Crippen LogP contribution < -0.4 is 0 Å². The zero-order valence-electron chi connectivity index (χ0n) is 8.16. The Morgan fingerprint density at radius 2 is 2.38 bits per heavy atom. The molecule has 0 atom stereocenters. The Labute approximate surface area is 77.9 Å². The lowest BCUT2D eigenvalue weighted by molar-refractivity contribution is -0.117. The fourth-order valence-electron chi connectivity index (χ4n) is 1.13. The highest BCUT2D eigenvalue weighted by Gasteiger charge is 2.00. The van der Waals surface area contributed by atoms with Crippen LogP contribution in [0, 0.1) is 0 Å². The van der Waals surface area contributed by atoms with Crippen LogP contribution in [0.1, 0.15) is 32.4 Å². The second-order valence-electron chi connectivity index (χ2n) is 3.12. The van der Waals surface area contributed by atoms with Gasteiger partial charge in [0.05, 0.1) is 5.69 Å². The topological polar surface area (TPSA) is 47.8 Å². The maximum atomic E-state index is 10.7. The molecule has 0 N–H and O–H groups in total. The van der Waals surface area contributed by atoms with E-state index in [4.69, 9.17) is 0 Å². The molecular weight excluding hydrogens is 166 g/mol. The Morgan fingerprint density at radius 3 is 2.92 bits per heavy atom. The lowest BCUT2D eigenvalue weighted by atomic mass is 10.1. The van der Waals surface area contributed by atoms with Crippen molar-refractivity contribution in [3.8, 4) is 0 Å². The highest BCUT2D eigenvalue weighted by Crippen LogP contribution is 2.01. The minimum Gasteiger partial charge on any atom is -0.300 e. The Balaban J connectivity index is 2.32. The molecule has 13 heavy (non-hydrogen) atoms. The van der Waals surface area contributed by atoms with Gasteiger partial charge in [0.15, 0.2) is 0 Å². The van der Waals surface area contributed by atoms with Crippen molar-refractivity contribution in [3.05, 3.63) is 11.9 Å². The first-order chi connectivity index (χ1) is 6.22. The van der Waals surface area contributed by atoms with Gasteiger partial charge in [-0.1, -0.05) is 5.21 Å². The molecule has 0 radical (unpaired) electrons. The van der Waals surface area contributed by atoms with Gasteiger partial charge in [0, 0.05) is 19.2 Å². The molecule has 0 spiro atoms. The van der Waals surface area contributed by atoms with Crippen molar-refractivity contribution >= 4 is 5.78 Å². The maximum absolute atomic E-state index is 10.7. The predicted octanol–water partition coefficient (Wildman–Crippen LogP) is 1.21. The van der Waals surface area contributed by atoms with E-state index in [1.165, 1.54) is 0 Å². The van der Waals surface area contributed by atoms with Gasteiger partial charge < -0.3 is 4.79 Å². The van der Waals surface area contributed by atoms with E-state index in [2.05, 4.69) is 10.3 Å². The van der Waals surface area contributed by atoms with Gasteiger partial charge in [-0.05, 0) is 26.7 Å². The lowest BCUT2D eigenvalue weighted by Gasteiger charge is -1.92. The second kappa shape index (κ2) is 4.74. The number of nitrogens with zero attached hydrogens (tertiary/aromatic N) is 3. The highest BCUT2D eigenvalue weighted by molar-refractivity contribution is 5.75. The molecule has 4 heteroatoms. The van der Waals surface area contributed by atoms with Gasteiger partial charge in [0.1, 0.15) is 5.78 Å². The third-order valence-electron chi connectivity index (χ3n) is 1.87. The van der Waals surface area contributed by atoms with Crippen LogP contribution in [-0.4, -0.2) is 20.8 Å². The average Bonchev–Trinajstić information content (AvgIpc) is 2.52. The monoisotopic (exact) mass is 181 g/mol. The Bertz CT molecular complexity index is 280. The van der Waals surface area contributed by atoms with Crippen molar-refractivity contribution in [2.45, 2.75) is 39.7 Å². The Morgan fingerprint density at radius 1 is 1.62 bits per heavy atom. The summed E-state index contributed by atoms with van der Waals surface area (Å²) in [5.41, 5.74) is 0.975. The summed E-state index contributed by atoms with van der Waals surface area (Å²) in [7, 11) is 0. The van der Waals surface area contributed by atoms with Crippen LogP contribution in [0.3, 0.4) is 0 Å². The molecule has 0 saturated heterocycles. The zero-order chi connectivity index (χ0) is 9.68. The molecule has 1 rings (SSSR count). The number of carbonyl (C=O) groups excluding carboxylic acids is 1. The third kappa shape index (κ3) is 3.36. The van der Waals surface area contributed by atoms with Crippen LogP contribution in [0.2, 0.25) is 0 Å². The predicted molar refractivity (Wildman–Crippen MR) is 49.3 cm³/mol. The van der Waals surface area contributed by atoms with E-state index >= 15 is 0 Å². The number of rotatable bonds is 5. The fraction of sp³-hybridized carbons (Fsp3) is 0.667. The molecule has 1 aromatic rings. The summed E-state index contributed by atoms with van der Waals surface area (Å²) in [4.78, 5) is 10.7. The van der Waals surface area contributed by atoms with Crippen LogP contribution in [0.15, 0.2) is 6.20 Å². The minimum absolute atomic E-state index is 0.239. The van der Waals surface area contributed by atoms with E-state index in [0.29, 0.717) is 6.42 Å². The molecule has 4 nitrogen and oxygen atoms in total. The van der Waals surface area contributed by atoms with E-state index in [0.717, 1.165) is 25.1 Å². The van der Waals surface area contributed by atoms with Gasteiger partial charge in [0.25, 0.3) is 0 Å². The summed E-state index contributed by atoms with van der Waals surface area (Å²) < 4.78 is 1.79. The largest absolute Gasteiger partial charge is 0.300 e. The first kappa shape index (κ1) is 9.89. The van der Waals surface area contributed by atoms with Crippen LogP contribution >= 0.6 is 0 Å². The number of aromatic nitrogens is 3. The Kier molecular flexibility index (Phi) is 3.61. The fourth-order valence-corrected chi connectivity index (χ4v) is 1.13. The maximum Gasteiger partial charge on any atom is 0.129 e. The first-order valence-electron chi connectivity index (χ1n) is 4.61. The molecule has 0 bridgehead atoms. The number of hydrogen-bond donors (Lipinski definition) is 0. The lowest BCUT2D eigenvalue weighted by Crippen LogP contribution is -1.93. The second-order valence-corrected chi connectivity index (χ2v) is 3.12. The number of carbonyl (C=O) groups is 1. The number of ketones is 1. The molecule has 0 aliphatic carbocycles. The van der Waals surface area contributed by atoms with Crippen LogP contribution in [0.4, 0.5) is 0 Å². The van der Waals surface area contributed by atoms with Crippen LogP contribution in [0.25, 0.3) is 0 Å². The summed E-state index contributed by atoms with van der Waals surface area (Å²) in [6, 6.07) is 0. The van der Waals surface area contributed by atoms with Gasteiger partial charge in [-0.15, -0.1) is 5.10 Å². The number of hydrogen-bond acceptors (Lipinski definition) is 3. The molecule has 0 aromatic carbocycles. The van der Waals surface area contributed by atoms with Crippen molar-refractivity contribution in [2.75, 3.05) is 0 Å². The third-order valence-corrected chi connectivity index (χ3v) is 1.87. The van der Waals surface area contributed by atoms with Gasteiger partial charge in [-0.2, -0.15) is 0 Å². The summed E-state index contributed by atoms with van der Waals surface area (Å²) in [6.07, 6.45) is 4.29. The van der Waals surface area contributed by atoms with Crippen molar-refractivity contribution in [1.82, 2.24) is 15.0 Å². The van der Waals surface area contributed by atoms with E-state index in [1.807, 2.05) is 13.1 Å². The molecule has 1 heterocycles. The van der Waals surface area contributed by atoms with E-state index in [-0.39, 0.29) is 5.78 Å². The molecule has 0 fully saturated rings. The molecular formula is C9H15N3O. The molecule has 0 aliphatic rings. The van der Waals surface area contributed by atoms with Crippen LogP contribution in [-0.2, 0) is 17.8 Å². The van der Waals surface area contributed by atoms with E-state index in [9.17, 15) is 4.79 Å². The molecule has 0 amide bonds. The van der Waals surface area contributed by atoms with Crippen molar-refractivity contribution in [1.29, 1.82) is 0 Å². The first-order valence-corrected chi connectivity index (χ1v) is 4.61. The molecule has 72 valence electrons. The summed E-state index contributed by atoms with van der Waals surface area (Å²) in [6.45, 7) is 4.48. The van der Waals surface area contributed by atoms with E-state index in [1.54, 1.807) is 11.6 Å². The number of aryl methyl sites for hydroxylation is 2. The molecule has 1 aromatic heterocycles. The summed E-state index contributed by atoms with van der Waals surface area (Å²) in [5.74, 6) is 0.239. The van der Waals surface area contributed by atoms with Gasteiger partial charge >= 0.3 is 0 Å². The van der Waals surface area contributed by atoms with Crippen molar-refractivity contribution in [2.24, 2.45) is 0 Å². The average molecular weight is 181 g/mol. The van der Waals surface area contributed by atoms with E-state index < -0.39 is 0 Å². The van der Waals surface area contributed by atoms with Gasteiger partial charge in [-0.25, -0.2) is 0 Å². The highest BCUT2D eigenvalue weighted by atomic mass is 16.1. The Hall–Kier alpha value is -1.19. The molecule has 0 aliphatic heterocycles. The van der Waals surface area contributed by atoms with Gasteiger partial charge in [-0.3, -0.25) is 4.68 Å². The quantitative estimate of drug-likeness (QED) is 0.686. The SMILES string of the molecule is CCn1cc(CCCC(C)=O)nn1. The molecule has 0 saturated carbocycles. The summed E-state index contributed by atoms with van der Waals surface area (Å²) in [5, 5.41) is 7.90. The number of Topliss-reactive ketones (excluding diaryl/α,β-unsaturated/α-hetero) is 1. The van der Waals surface area contributed by atoms with Crippen LogP contribution in [0.5, 0.6) is 0 Å². The van der Waals surface area contributed by atoms with Gasteiger partial charge in [0.2, 0.25) is 0 Å².